The number of carbonyl (C=O) groups is 1. The second-order valence-electron chi connectivity index (χ2n) is 5.73. The van der Waals surface area contributed by atoms with Crippen LogP contribution in [0.4, 0.5) is 0 Å². The van der Waals surface area contributed by atoms with E-state index in [1.165, 1.54) is 6.20 Å². The van der Waals surface area contributed by atoms with Gasteiger partial charge in [-0.2, -0.15) is 0 Å². The van der Waals surface area contributed by atoms with Crippen molar-refractivity contribution in [3.63, 3.8) is 0 Å². The molecule has 1 aliphatic heterocycles. The van der Waals surface area contributed by atoms with Crippen molar-refractivity contribution >= 4 is 17.5 Å². The van der Waals surface area contributed by atoms with Gasteiger partial charge in [-0.25, -0.2) is 4.98 Å². The highest BCUT2D eigenvalue weighted by Gasteiger charge is 2.31. The summed E-state index contributed by atoms with van der Waals surface area (Å²) < 4.78 is 5.88. The van der Waals surface area contributed by atoms with Crippen molar-refractivity contribution in [3.05, 3.63) is 58.6 Å². The lowest BCUT2D eigenvalue weighted by Gasteiger charge is -2.38. The number of halogens is 1. The van der Waals surface area contributed by atoms with Crippen LogP contribution < -0.4 is 0 Å². The molecule has 1 aromatic heterocycles. The topological polar surface area (TPSA) is 55.3 Å². The Morgan fingerprint density at radius 2 is 2.17 bits per heavy atom. The van der Waals surface area contributed by atoms with Gasteiger partial charge in [-0.1, -0.05) is 23.7 Å². The zero-order chi connectivity index (χ0) is 16.4. The first-order valence-corrected chi connectivity index (χ1v) is 7.89. The van der Waals surface area contributed by atoms with E-state index in [-0.39, 0.29) is 18.1 Å². The molecule has 1 amide bonds. The molecule has 120 valence electrons. The Kier molecular flexibility index (Phi) is 4.59. The van der Waals surface area contributed by atoms with Gasteiger partial charge in [0.1, 0.15) is 11.8 Å². The number of amides is 1. The largest absolute Gasteiger partial charge is 0.370 e. The highest BCUT2D eigenvalue weighted by Crippen LogP contribution is 2.27. The molecule has 1 fully saturated rings. The van der Waals surface area contributed by atoms with Crippen molar-refractivity contribution < 1.29 is 9.53 Å². The molecule has 1 aliphatic rings. The quantitative estimate of drug-likeness (QED) is 0.848. The smallest absolute Gasteiger partial charge is 0.274 e. The van der Waals surface area contributed by atoms with Gasteiger partial charge in [0.25, 0.3) is 5.91 Å². The third-order valence-corrected chi connectivity index (χ3v) is 4.15. The van der Waals surface area contributed by atoms with Crippen molar-refractivity contribution in [2.75, 3.05) is 13.2 Å². The molecule has 0 spiro atoms. The number of rotatable bonds is 2. The highest BCUT2D eigenvalue weighted by atomic mass is 35.5. The lowest BCUT2D eigenvalue weighted by molar-refractivity contribution is -0.0488. The number of hydrogen-bond acceptors (Lipinski definition) is 4. The van der Waals surface area contributed by atoms with E-state index in [4.69, 9.17) is 16.3 Å². The monoisotopic (exact) mass is 331 g/mol. The van der Waals surface area contributed by atoms with Crippen LogP contribution in [0.2, 0.25) is 5.02 Å². The third kappa shape index (κ3) is 3.51. The average molecular weight is 332 g/mol. The summed E-state index contributed by atoms with van der Waals surface area (Å²) in [5.74, 6) is -0.125. The minimum absolute atomic E-state index is 0.0129. The first-order chi connectivity index (χ1) is 11.0. The fraction of sp³-hybridized carbons (Fsp3) is 0.353. The third-order valence-electron chi connectivity index (χ3n) is 3.91. The highest BCUT2D eigenvalue weighted by molar-refractivity contribution is 6.30. The van der Waals surface area contributed by atoms with Gasteiger partial charge in [-0.15, -0.1) is 0 Å². The Hall–Kier alpha value is -1.98. The Morgan fingerprint density at radius 3 is 2.87 bits per heavy atom. The van der Waals surface area contributed by atoms with Gasteiger partial charge < -0.3 is 9.64 Å². The van der Waals surface area contributed by atoms with Gasteiger partial charge in [0.15, 0.2) is 0 Å². The van der Waals surface area contributed by atoms with Gasteiger partial charge in [0.2, 0.25) is 0 Å². The van der Waals surface area contributed by atoms with Crippen LogP contribution in [0.5, 0.6) is 0 Å². The molecule has 0 radical (unpaired) electrons. The van der Waals surface area contributed by atoms with Crippen molar-refractivity contribution in [1.29, 1.82) is 0 Å². The standard InChI is InChI=1S/C17H18ClN3O2/c1-11-7-20-15(8-19-11)17(22)21-9-16(23-10-12(21)2)13-4-3-5-14(18)6-13/h3-8,12,16H,9-10H2,1-2H3/t12-,16-/m1/s1. The van der Waals surface area contributed by atoms with Crippen LogP contribution in [0.3, 0.4) is 0 Å². The Morgan fingerprint density at radius 1 is 1.35 bits per heavy atom. The number of aryl methyl sites for hydroxylation is 1. The predicted molar refractivity (Wildman–Crippen MR) is 87.4 cm³/mol. The van der Waals surface area contributed by atoms with E-state index in [9.17, 15) is 4.79 Å². The van der Waals surface area contributed by atoms with Crippen LogP contribution in [-0.2, 0) is 4.74 Å². The molecule has 2 atom stereocenters. The molecule has 2 heterocycles. The van der Waals surface area contributed by atoms with Crippen molar-refractivity contribution in [2.24, 2.45) is 0 Å². The number of ether oxygens (including phenoxy) is 1. The first-order valence-electron chi connectivity index (χ1n) is 7.51. The fourth-order valence-corrected chi connectivity index (χ4v) is 2.80. The van der Waals surface area contributed by atoms with Crippen LogP contribution >= 0.6 is 11.6 Å². The summed E-state index contributed by atoms with van der Waals surface area (Å²) in [6, 6.07) is 7.52. The number of nitrogens with zero attached hydrogens (tertiary/aromatic N) is 3. The predicted octanol–water partition coefficient (Wildman–Crippen LogP) is 3.04. The van der Waals surface area contributed by atoms with Crippen LogP contribution in [0.15, 0.2) is 36.7 Å². The van der Waals surface area contributed by atoms with E-state index in [1.54, 1.807) is 11.1 Å². The number of morpholine rings is 1. The molecular weight excluding hydrogens is 314 g/mol. The van der Waals surface area contributed by atoms with Crippen LogP contribution in [-0.4, -0.2) is 40.0 Å². The minimum Gasteiger partial charge on any atom is -0.370 e. The molecule has 0 saturated carbocycles. The number of carbonyl (C=O) groups excluding carboxylic acids is 1. The van der Waals surface area contributed by atoms with E-state index < -0.39 is 0 Å². The number of aromatic nitrogens is 2. The molecule has 6 heteroatoms. The summed E-state index contributed by atoms with van der Waals surface area (Å²) in [5.41, 5.74) is 2.11. The SMILES string of the molecule is Cc1cnc(C(=O)N2C[C@H](c3cccc(Cl)c3)OC[C@H]2C)cn1. The Bertz CT molecular complexity index is 705. The molecule has 1 saturated heterocycles. The molecule has 0 N–H and O–H groups in total. The van der Waals surface area contributed by atoms with E-state index in [0.717, 1.165) is 11.3 Å². The summed E-state index contributed by atoms with van der Waals surface area (Å²) in [7, 11) is 0. The summed E-state index contributed by atoms with van der Waals surface area (Å²) in [5, 5.41) is 0.659. The minimum atomic E-state index is -0.188. The van der Waals surface area contributed by atoms with Crippen LogP contribution in [0.25, 0.3) is 0 Å². The molecule has 3 rings (SSSR count). The summed E-state index contributed by atoms with van der Waals surface area (Å²) >= 11 is 6.05. The van der Waals surface area contributed by atoms with Gasteiger partial charge in [0, 0.05) is 11.2 Å². The molecule has 5 nitrogen and oxygen atoms in total. The van der Waals surface area contributed by atoms with Gasteiger partial charge in [0.05, 0.1) is 31.1 Å². The van der Waals surface area contributed by atoms with E-state index in [1.807, 2.05) is 38.1 Å². The maximum atomic E-state index is 12.7. The lowest BCUT2D eigenvalue weighted by Crippen LogP contribution is -2.48. The Balaban J connectivity index is 1.80. The summed E-state index contributed by atoms with van der Waals surface area (Å²) in [6.07, 6.45) is 2.94. The number of hydrogen-bond donors (Lipinski definition) is 0. The van der Waals surface area contributed by atoms with Crippen LogP contribution in [0, 0.1) is 6.92 Å². The molecule has 0 bridgehead atoms. The zero-order valence-electron chi connectivity index (χ0n) is 13.1. The normalized spacial score (nSPS) is 21.3. The van der Waals surface area contributed by atoms with Gasteiger partial charge >= 0.3 is 0 Å². The fourth-order valence-electron chi connectivity index (χ4n) is 2.60. The maximum Gasteiger partial charge on any atom is 0.274 e. The maximum absolute atomic E-state index is 12.7. The van der Waals surface area contributed by atoms with Crippen molar-refractivity contribution in [1.82, 2.24) is 14.9 Å². The van der Waals surface area contributed by atoms with Gasteiger partial charge in [-0.05, 0) is 31.5 Å². The van der Waals surface area contributed by atoms with E-state index in [2.05, 4.69) is 9.97 Å². The number of benzene rings is 1. The summed E-state index contributed by atoms with van der Waals surface area (Å²) in [6.45, 7) is 4.75. The molecule has 23 heavy (non-hydrogen) atoms. The average Bonchev–Trinajstić information content (AvgIpc) is 2.55. The van der Waals surface area contributed by atoms with E-state index in [0.29, 0.717) is 23.9 Å². The molecule has 0 unspecified atom stereocenters. The van der Waals surface area contributed by atoms with E-state index >= 15 is 0 Å². The van der Waals surface area contributed by atoms with Crippen LogP contribution in [0.1, 0.15) is 34.8 Å². The molecule has 1 aromatic carbocycles. The van der Waals surface area contributed by atoms with Crippen molar-refractivity contribution in [2.45, 2.75) is 26.0 Å². The molecule has 0 aliphatic carbocycles. The zero-order valence-corrected chi connectivity index (χ0v) is 13.8. The Labute approximate surface area is 140 Å². The first kappa shape index (κ1) is 15.9. The summed E-state index contributed by atoms with van der Waals surface area (Å²) in [4.78, 5) is 22.8. The second kappa shape index (κ2) is 6.64. The van der Waals surface area contributed by atoms with Gasteiger partial charge in [-0.3, -0.25) is 9.78 Å². The molecular formula is C17H18ClN3O2. The van der Waals surface area contributed by atoms with Crippen molar-refractivity contribution in [3.8, 4) is 0 Å². The lowest BCUT2D eigenvalue weighted by atomic mass is 10.1. The molecule has 2 aromatic rings. The second-order valence-corrected chi connectivity index (χ2v) is 6.16.